The summed E-state index contributed by atoms with van der Waals surface area (Å²) in [7, 11) is 1.31. The number of thiophene rings is 1. The van der Waals surface area contributed by atoms with Gasteiger partial charge >= 0.3 is 0 Å². The fraction of sp³-hybridized carbons (Fsp3) is 0.167. The molecule has 0 saturated carbocycles. The van der Waals surface area contributed by atoms with Crippen LogP contribution in [0, 0.1) is 0 Å². The molecule has 0 saturated heterocycles. The van der Waals surface area contributed by atoms with Crippen molar-refractivity contribution in [1.29, 1.82) is 0 Å². The smallest absolute Gasteiger partial charge is 0.292 e. The SMILES string of the molecule is Brc1cccs1.COC=O. The molecule has 0 aliphatic rings. The lowest BCUT2D eigenvalue weighted by molar-refractivity contribution is -0.126. The molecule has 0 unspecified atom stereocenters. The summed E-state index contributed by atoms with van der Waals surface area (Å²) in [5, 5.41) is 2.03. The third-order valence-corrected chi connectivity index (χ3v) is 2.06. The lowest BCUT2D eigenvalue weighted by atomic mass is 10.7. The van der Waals surface area contributed by atoms with Crippen LogP contribution in [-0.4, -0.2) is 13.6 Å². The van der Waals surface area contributed by atoms with Crippen LogP contribution >= 0.6 is 27.3 Å². The molecule has 1 heterocycles. The maximum absolute atomic E-state index is 8.95. The largest absolute Gasteiger partial charge is 0.471 e. The van der Waals surface area contributed by atoms with Crippen LogP contribution < -0.4 is 0 Å². The van der Waals surface area contributed by atoms with Gasteiger partial charge in [0, 0.05) is 0 Å². The second-order valence-electron chi connectivity index (χ2n) is 1.25. The van der Waals surface area contributed by atoms with Gasteiger partial charge in [0.25, 0.3) is 6.47 Å². The Balaban J connectivity index is 0.000000180. The van der Waals surface area contributed by atoms with Gasteiger partial charge in [0.2, 0.25) is 0 Å². The molecule has 0 aliphatic heterocycles. The van der Waals surface area contributed by atoms with Crippen LogP contribution in [0.1, 0.15) is 0 Å². The monoisotopic (exact) mass is 222 g/mol. The highest BCUT2D eigenvalue weighted by Gasteiger charge is 1.77. The molecular formula is C6H7BrO2S. The van der Waals surface area contributed by atoms with E-state index >= 15 is 0 Å². The maximum Gasteiger partial charge on any atom is 0.292 e. The molecule has 56 valence electrons. The molecular weight excluding hydrogens is 216 g/mol. The van der Waals surface area contributed by atoms with Gasteiger partial charge in [0.15, 0.2) is 0 Å². The van der Waals surface area contributed by atoms with Crippen LogP contribution in [0.5, 0.6) is 0 Å². The maximum atomic E-state index is 8.95. The Morgan fingerprint density at radius 2 is 2.40 bits per heavy atom. The number of carbonyl (C=O) groups excluding carboxylic acids is 1. The average Bonchev–Trinajstić information content (AvgIpc) is 2.40. The number of hydrogen-bond acceptors (Lipinski definition) is 3. The molecule has 1 aromatic heterocycles. The van der Waals surface area contributed by atoms with Crippen molar-refractivity contribution in [2.45, 2.75) is 0 Å². The Bertz CT molecular complexity index is 162. The third kappa shape index (κ3) is 5.78. The van der Waals surface area contributed by atoms with E-state index in [2.05, 4.69) is 20.7 Å². The van der Waals surface area contributed by atoms with Gasteiger partial charge in [-0.2, -0.15) is 0 Å². The number of carbonyl (C=O) groups is 1. The molecule has 0 fully saturated rings. The number of methoxy groups -OCH3 is 1. The summed E-state index contributed by atoms with van der Waals surface area (Å²) in [5.41, 5.74) is 0. The average molecular weight is 223 g/mol. The van der Waals surface area contributed by atoms with Crippen LogP contribution in [0.25, 0.3) is 0 Å². The van der Waals surface area contributed by atoms with Crippen molar-refractivity contribution in [2.24, 2.45) is 0 Å². The highest BCUT2D eigenvalue weighted by Crippen LogP contribution is 2.14. The van der Waals surface area contributed by atoms with E-state index < -0.39 is 0 Å². The quantitative estimate of drug-likeness (QED) is 0.683. The van der Waals surface area contributed by atoms with Gasteiger partial charge in [-0.25, -0.2) is 0 Å². The van der Waals surface area contributed by atoms with E-state index in [-0.39, 0.29) is 0 Å². The predicted octanol–water partition coefficient (Wildman–Crippen LogP) is 2.30. The van der Waals surface area contributed by atoms with E-state index in [0.717, 1.165) is 0 Å². The fourth-order valence-electron chi connectivity index (χ4n) is 0.259. The molecule has 1 aromatic rings. The van der Waals surface area contributed by atoms with E-state index in [1.807, 2.05) is 17.5 Å². The molecule has 0 aromatic carbocycles. The first-order valence-corrected chi connectivity index (χ1v) is 4.14. The second-order valence-corrected chi connectivity index (χ2v) is 3.58. The molecule has 0 spiro atoms. The van der Waals surface area contributed by atoms with Crippen molar-refractivity contribution in [3.63, 3.8) is 0 Å². The number of ether oxygens (including phenoxy) is 1. The summed E-state index contributed by atoms with van der Waals surface area (Å²) >= 11 is 4.99. The minimum atomic E-state index is 0.375. The van der Waals surface area contributed by atoms with Gasteiger partial charge in [-0.05, 0) is 27.4 Å². The minimum absolute atomic E-state index is 0.375. The van der Waals surface area contributed by atoms with E-state index in [1.165, 1.54) is 10.9 Å². The van der Waals surface area contributed by atoms with Crippen LogP contribution in [0.3, 0.4) is 0 Å². The van der Waals surface area contributed by atoms with E-state index in [4.69, 9.17) is 4.79 Å². The van der Waals surface area contributed by atoms with Gasteiger partial charge < -0.3 is 4.74 Å². The molecule has 0 bridgehead atoms. The molecule has 0 amide bonds. The van der Waals surface area contributed by atoms with Gasteiger partial charge in [-0.3, -0.25) is 4.79 Å². The molecule has 0 radical (unpaired) electrons. The van der Waals surface area contributed by atoms with Crippen molar-refractivity contribution in [1.82, 2.24) is 0 Å². The summed E-state index contributed by atoms with van der Waals surface area (Å²) in [4.78, 5) is 8.95. The first kappa shape index (κ1) is 9.65. The molecule has 2 nitrogen and oxygen atoms in total. The summed E-state index contributed by atoms with van der Waals surface area (Å²) in [6.45, 7) is 0.375. The van der Waals surface area contributed by atoms with Crippen LogP contribution in [-0.2, 0) is 9.53 Å². The Kier molecular flexibility index (Phi) is 6.53. The highest BCUT2D eigenvalue weighted by atomic mass is 79.9. The normalized spacial score (nSPS) is 7.40. The molecule has 10 heavy (non-hydrogen) atoms. The first-order chi connectivity index (χ1) is 4.81. The van der Waals surface area contributed by atoms with E-state index in [0.29, 0.717) is 6.47 Å². The number of halogens is 1. The van der Waals surface area contributed by atoms with E-state index in [9.17, 15) is 0 Å². The highest BCUT2D eigenvalue weighted by molar-refractivity contribution is 9.11. The lowest BCUT2D eigenvalue weighted by Crippen LogP contribution is -1.68. The van der Waals surface area contributed by atoms with Gasteiger partial charge in [-0.1, -0.05) is 6.07 Å². The lowest BCUT2D eigenvalue weighted by Gasteiger charge is -1.67. The molecule has 0 aliphatic carbocycles. The Morgan fingerprint density at radius 3 is 2.50 bits per heavy atom. The predicted molar refractivity (Wildman–Crippen MR) is 45.1 cm³/mol. The van der Waals surface area contributed by atoms with Crippen molar-refractivity contribution in [2.75, 3.05) is 7.11 Å². The zero-order valence-electron chi connectivity index (χ0n) is 5.41. The van der Waals surface area contributed by atoms with Gasteiger partial charge in [0.1, 0.15) is 0 Å². The summed E-state index contributed by atoms with van der Waals surface area (Å²) < 4.78 is 5.06. The summed E-state index contributed by atoms with van der Waals surface area (Å²) in [5.74, 6) is 0. The van der Waals surface area contributed by atoms with Crippen LogP contribution in [0.15, 0.2) is 21.3 Å². The van der Waals surface area contributed by atoms with Crippen molar-refractivity contribution in [3.05, 3.63) is 21.3 Å². The summed E-state index contributed by atoms with van der Waals surface area (Å²) in [6.07, 6.45) is 0. The van der Waals surface area contributed by atoms with Crippen LogP contribution in [0.4, 0.5) is 0 Å². The number of rotatable bonds is 1. The van der Waals surface area contributed by atoms with Gasteiger partial charge in [0.05, 0.1) is 10.9 Å². The van der Waals surface area contributed by atoms with Crippen molar-refractivity contribution in [3.8, 4) is 0 Å². The van der Waals surface area contributed by atoms with Crippen molar-refractivity contribution < 1.29 is 9.53 Å². The molecule has 0 atom stereocenters. The van der Waals surface area contributed by atoms with Gasteiger partial charge in [-0.15, -0.1) is 11.3 Å². The Hall–Kier alpha value is -0.350. The Morgan fingerprint density at radius 1 is 1.80 bits per heavy atom. The molecule has 4 heteroatoms. The topological polar surface area (TPSA) is 26.3 Å². The van der Waals surface area contributed by atoms with E-state index in [1.54, 1.807) is 11.3 Å². The Labute approximate surface area is 72.0 Å². The molecule has 1 rings (SSSR count). The second kappa shape index (κ2) is 6.77. The third-order valence-electron chi connectivity index (χ3n) is 0.583. The minimum Gasteiger partial charge on any atom is -0.471 e. The number of hydrogen-bond donors (Lipinski definition) is 0. The van der Waals surface area contributed by atoms with Crippen LogP contribution in [0.2, 0.25) is 0 Å². The summed E-state index contributed by atoms with van der Waals surface area (Å²) in [6, 6.07) is 4.03. The molecule has 0 N–H and O–H groups in total. The van der Waals surface area contributed by atoms with Crippen molar-refractivity contribution >= 4 is 33.7 Å². The standard InChI is InChI=1S/C4H3BrS.C2H4O2/c5-4-2-1-3-6-4;1-4-2-3/h1-3H;2H,1H3. The zero-order valence-corrected chi connectivity index (χ0v) is 7.81. The zero-order chi connectivity index (χ0) is 7.82. The fourth-order valence-corrected chi connectivity index (χ4v) is 1.18. The first-order valence-electron chi connectivity index (χ1n) is 2.46.